The molecule has 0 aliphatic carbocycles. The van der Waals surface area contributed by atoms with Gasteiger partial charge in [-0.15, -0.1) is 0 Å². The topological polar surface area (TPSA) is 108 Å². The highest BCUT2D eigenvalue weighted by molar-refractivity contribution is 6.45. The molecule has 7 nitrogen and oxygen atoms in total. The SMILES string of the molecule is CC(C(=O)NC(C)(C)C)N(Cc1cccc(CN)c1)C(=O)C(=O)c1c[nH]c2ccccc12. The predicted molar refractivity (Wildman–Crippen MR) is 125 cm³/mol. The van der Waals surface area contributed by atoms with Crippen molar-refractivity contribution in [1.29, 1.82) is 0 Å². The number of para-hydroxylation sites is 1. The summed E-state index contributed by atoms with van der Waals surface area (Å²) in [4.78, 5) is 43.9. The third kappa shape index (κ3) is 5.23. The maximum absolute atomic E-state index is 13.4. The van der Waals surface area contributed by atoms with Crippen molar-refractivity contribution in [2.45, 2.75) is 52.4 Å². The van der Waals surface area contributed by atoms with Crippen molar-refractivity contribution < 1.29 is 14.4 Å². The van der Waals surface area contributed by atoms with Gasteiger partial charge in [0.2, 0.25) is 5.91 Å². The zero-order valence-corrected chi connectivity index (χ0v) is 18.9. The van der Waals surface area contributed by atoms with Crippen LogP contribution >= 0.6 is 0 Å². The van der Waals surface area contributed by atoms with Gasteiger partial charge < -0.3 is 20.9 Å². The number of ketones is 1. The summed E-state index contributed by atoms with van der Waals surface area (Å²) in [5.41, 5.74) is 8.03. The van der Waals surface area contributed by atoms with Crippen LogP contribution in [0, 0.1) is 0 Å². The van der Waals surface area contributed by atoms with Gasteiger partial charge in [-0.2, -0.15) is 0 Å². The number of aromatic amines is 1. The number of benzene rings is 2. The first-order chi connectivity index (χ1) is 15.1. The van der Waals surface area contributed by atoms with Crippen LogP contribution in [0.4, 0.5) is 0 Å². The molecular weight excluding hydrogens is 404 g/mol. The van der Waals surface area contributed by atoms with Gasteiger partial charge in [-0.3, -0.25) is 14.4 Å². The molecule has 168 valence electrons. The minimum atomic E-state index is -0.850. The van der Waals surface area contributed by atoms with Gasteiger partial charge in [0.15, 0.2) is 0 Å². The summed E-state index contributed by atoms with van der Waals surface area (Å²) in [5.74, 6) is -1.72. The second-order valence-corrected chi connectivity index (χ2v) is 8.95. The van der Waals surface area contributed by atoms with E-state index < -0.39 is 23.3 Å². The molecule has 1 atom stereocenters. The largest absolute Gasteiger partial charge is 0.360 e. The molecule has 0 aliphatic rings. The van der Waals surface area contributed by atoms with Crippen LogP contribution < -0.4 is 11.1 Å². The van der Waals surface area contributed by atoms with Crippen molar-refractivity contribution in [3.8, 4) is 0 Å². The molecule has 0 bridgehead atoms. The molecule has 32 heavy (non-hydrogen) atoms. The van der Waals surface area contributed by atoms with Gasteiger partial charge in [-0.25, -0.2) is 0 Å². The Morgan fingerprint density at radius 2 is 1.75 bits per heavy atom. The van der Waals surface area contributed by atoms with Gasteiger partial charge in [0, 0.05) is 35.7 Å². The molecule has 0 fully saturated rings. The van der Waals surface area contributed by atoms with Gasteiger partial charge >= 0.3 is 0 Å². The number of rotatable bonds is 7. The maximum atomic E-state index is 13.4. The summed E-state index contributed by atoms with van der Waals surface area (Å²) in [6.07, 6.45) is 1.54. The minimum Gasteiger partial charge on any atom is -0.360 e. The van der Waals surface area contributed by atoms with E-state index in [1.165, 1.54) is 11.1 Å². The first-order valence-electron chi connectivity index (χ1n) is 10.6. The molecule has 0 saturated heterocycles. The van der Waals surface area contributed by atoms with Gasteiger partial charge in [0.1, 0.15) is 6.04 Å². The first kappa shape index (κ1) is 23.2. The Labute approximate surface area is 188 Å². The van der Waals surface area contributed by atoms with E-state index in [-0.39, 0.29) is 18.0 Å². The van der Waals surface area contributed by atoms with E-state index in [0.29, 0.717) is 11.9 Å². The number of hydrogen-bond donors (Lipinski definition) is 3. The average Bonchev–Trinajstić information content (AvgIpc) is 3.19. The molecule has 1 heterocycles. The predicted octanol–water partition coefficient (Wildman–Crippen LogP) is 3.14. The van der Waals surface area contributed by atoms with Crippen LogP contribution in [0.5, 0.6) is 0 Å². The number of aromatic nitrogens is 1. The first-order valence-corrected chi connectivity index (χ1v) is 10.6. The van der Waals surface area contributed by atoms with Gasteiger partial charge in [0.05, 0.1) is 5.56 Å². The number of carbonyl (C=O) groups is 3. The summed E-state index contributed by atoms with van der Waals surface area (Å²) in [6, 6.07) is 13.9. The zero-order chi connectivity index (χ0) is 23.5. The van der Waals surface area contributed by atoms with Crippen LogP contribution in [-0.4, -0.2) is 39.1 Å². The molecule has 0 aliphatic heterocycles. The highest BCUT2D eigenvalue weighted by Crippen LogP contribution is 2.21. The summed E-state index contributed by atoms with van der Waals surface area (Å²) in [5, 5.41) is 3.56. The molecule has 3 aromatic rings. The van der Waals surface area contributed by atoms with Crippen LogP contribution in [0.3, 0.4) is 0 Å². The Balaban J connectivity index is 1.95. The van der Waals surface area contributed by atoms with E-state index >= 15 is 0 Å². The lowest BCUT2D eigenvalue weighted by molar-refractivity contribution is -0.137. The molecule has 0 radical (unpaired) electrons. The van der Waals surface area contributed by atoms with Crippen LogP contribution in [0.1, 0.15) is 49.2 Å². The summed E-state index contributed by atoms with van der Waals surface area (Å²) >= 11 is 0. The number of fused-ring (bicyclic) bond motifs is 1. The molecule has 7 heteroatoms. The van der Waals surface area contributed by atoms with Crippen molar-refractivity contribution in [3.05, 3.63) is 71.4 Å². The Morgan fingerprint density at radius 1 is 1.06 bits per heavy atom. The zero-order valence-electron chi connectivity index (χ0n) is 18.9. The van der Waals surface area contributed by atoms with Crippen molar-refractivity contribution in [2.24, 2.45) is 5.73 Å². The minimum absolute atomic E-state index is 0.111. The lowest BCUT2D eigenvalue weighted by Gasteiger charge is -2.31. The molecule has 0 saturated carbocycles. The van der Waals surface area contributed by atoms with E-state index in [2.05, 4.69) is 10.3 Å². The highest BCUT2D eigenvalue weighted by atomic mass is 16.2. The lowest BCUT2D eigenvalue weighted by Crippen LogP contribution is -2.53. The second kappa shape index (κ2) is 9.36. The van der Waals surface area contributed by atoms with Crippen LogP contribution in [-0.2, 0) is 22.7 Å². The smallest absolute Gasteiger partial charge is 0.296 e. The average molecular weight is 435 g/mol. The fraction of sp³-hybridized carbons (Fsp3) is 0.320. The number of hydrogen-bond acceptors (Lipinski definition) is 4. The third-order valence-electron chi connectivity index (χ3n) is 5.21. The monoisotopic (exact) mass is 434 g/mol. The van der Waals surface area contributed by atoms with Crippen molar-refractivity contribution in [3.63, 3.8) is 0 Å². The van der Waals surface area contributed by atoms with E-state index in [1.807, 2.05) is 63.2 Å². The quantitative estimate of drug-likeness (QED) is 0.392. The van der Waals surface area contributed by atoms with Crippen LogP contribution in [0.2, 0.25) is 0 Å². The number of nitrogens with one attached hydrogen (secondary N) is 2. The van der Waals surface area contributed by atoms with Gasteiger partial charge in [-0.1, -0.05) is 42.5 Å². The molecule has 3 rings (SSSR count). The van der Waals surface area contributed by atoms with Gasteiger partial charge in [0.25, 0.3) is 11.7 Å². The third-order valence-corrected chi connectivity index (χ3v) is 5.21. The Hall–Kier alpha value is -3.45. The molecule has 1 aromatic heterocycles. The number of Topliss-reactive ketones (excluding diaryl/α,β-unsaturated/α-hetero) is 1. The summed E-state index contributed by atoms with van der Waals surface area (Å²) < 4.78 is 0. The number of nitrogens with zero attached hydrogens (tertiary/aromatic N) is 1. The lowest BCUT2D eigenvalue weighted by atomic mass is 10.0. The Morgan fingerprint density at radius 3 is 2.44 bits per heavy atom. The highest BCUT2D eigenvalue weighted by Gasteiger charge is 2.33. The van der Waals surface area contributed by atoms with E-state index in [9.17, 15) is 14.4 Å². The Bertz CT molecular complexity index is 1140. The van der Waals surface area contributed by atoms with Crippen LogP contribution in [0.15, 0.2) is 54.7 Å². The molecular formula is C25H30N4O3. The molecule has 2 aromatic carbocycles. The maximum Gasteiger partial charge on any atom is 0.296 e. The van der Waals surface area contributed by atoms with Crippen molar-refractivity contribution >= 4 is 28.5 Å². The normalized spacial score (nSPS) is 12.4. The fourth-order valence-electron chi connectivity index (χ4n) is 3.56. The van der Waals surface area contributed by atoms with Crippen molar-refractivity contribution in [1.82, 2.24) is 15.2 Å². The summed E-state index contributed by atoms with van der Waals surface area (Å²) in [6.45, 7) is 7.70. The van der Waals surface area contributed by atoms with Gasteiger partial charge in [-0.05, 0) is 44.9 Å². The van der Waals surface area contributed by atoms with E-state index in [4.69, 9.17) is 5.73 Å². The second-order valence-electron chi connectivity index (χ2n) is 8.95. The molecule has 1 unspecified atom stereocenters. The standard InChI is InChI=1S/C25H30N4O3/c1-16(23(31)28-25(2,3)4)29(15-18-9-7-8-17(12-18)13-26)24(32)22(30)20-14-27-21-11-6-5-10-19(20)21/h5-12,14,16,27H,13,15,26H2,1-4H3,(H,28,31). The fourth-order valence-corrected chi connectivity index (χ4v) is 3.56. The molecule has 0 spiro atoms. The number of carbonyl (C=O) groups excluding carboxylic acids is 3. The molecule has 4 N–H and O–H groups in total. The van der Waals surface area contributed by atoms with Crippen LogP contribution in [0.25, 0.3) is 10.9 Å². The Kier molecular flexibility index (Phi) is 6.79. The number of H-pyrrole nitrogens is 1. The number of amides is 2. The van der Waals surface area contributed by atoms with Crippen molar-refractivity contribution in [2.75, 3.05) is 0 Å². The van der Waals surface area contributed by atoms with E-state index in [1.54, 1.807) is 13.0 Å². The number of nitrogens with two attached hydrogens (primary N) is 1. The summed E-state index contributed by atoms with van der Waals surface area (Å²) in [7, 11) is 0. The molecule has 2 amide bonds. The van der Waals surface area contributed by atoms with E-state index in [0.717, 1.165) is 16.6 Å².